The van der Waals surface area contributed by atoms with E-state index in [2.05, 4.69) is 13.2 Å². The Bertz CT molecular complexity index is 32.9. The average molecular weight is 261 g/mol. The van der Waals surface area contributed by atoms with Gasteiger partial charge in [0.2, 0.25) is 0 Å². The monoisotopic (exact) mass is 262 g/mol. The molecule has 5 heavy (non-hydrogen) atoms. The standard InChI is InChI=1S/2C2H3.Pb/c2*1-2;/h2*1H,2H2;. The van der Waals surface area contributed by atoms with Crippen LogP contribution < -0.4 is 0 Å². The summed E-state index contributed by atoms with van der Waals surface area (Å²) in [5.74, 6) is 0. The quantitative estimate of drug-likeness (QED) is 0.650. The van der Waals surface area contributed by atoms with Gasteiger partial charge in [-0.3, -0.25) is 0 Å². The second-order valence-electron chi connectivity index (χ2n) is 0.575. The van der Waals surface area contributed by atoms with Gasteiger partial charge in [-0.15, -0.1) is 0 Å². The summed E-state index contributed by atoms with van der Waals surface area (Å²) < 4.78 is 4.01. The minimum atomic E-state index is -0.423. The third kappa shape index (κ3) is 4.40. The van der Waals surface area contributed by atoms with Crippen LogP contribution in [-0.2, 0) is 0 Å². The van der Waals surface area contributed by atoms with E-state index in [0.717, 1.165) is 0 Å². The molecular formula is C4H6Pb. The second kappa shape index (κ2) is 4.40. The van der Waals surface area contributed by atoms with Crippen LogP contribution in [0.1, 0.15) is 0 Å². The van der Waals surface area contributed by atoms with Gasteiger partial charge in [-0.1, -0.05) is 0 Å². The first-order chi connectivity index (χ1) is 2.41. The first-order valence-corrected chi connectivity index (χ1v) is 5.88. The van der Waals surface area contributed by atoms with Crippen molar-refractivity contribution in [1.82, 2.24) is 0 Å². The van der Waals surface area contributed by atoms with E-state index in [-0.39, 0.29) is 0 Å². The molecule has 0 aliphatic rings. The number of hydrogen-bond donors (Lipinski definition) is 0. The molecule has 0 aliphatic heterocycles. The van der Waals surface area contributed by atoms with Gasteiger partial charge in [0.15, 0.2) is 0 Å². The van der Waals surface area contributed by atoms with E-state index in [9.17, 15) is 0 Å². The Balaban J connectivity index is 2.65. The van der Waals surface area contributed by atoms with Crippen LogP contribution in [0.3, 0.4) is 0 Å². The van der Waals surface area contributed by atoms with Crippen molar-refractivity contribution in [3.63, 3.8) is 0 Å². The summed E-state index contributed by atoms with van der Waals surface area (Å²) in [6.45, 7) is 7.13. The van der Waals surface area contributed by atoms with Gasteiger partial charge < -0.3 is 0 Å². The molecule has 0 saturated carbocycles. The fourth-order valence-corrected chi connectivity index (χ4v) is 0.731. The van der Waals surface area contributed by atoms with E-state index < -0.39 is 24.2 Å². The Morgan fingerprint density at radius 2 is 1.60 bits per heavy atom. The SMILES string of the molecule is C=[CH][Pb][CH]=C. The third-order valence-corrected chi connectivity index (χ3v) is 2.07. The summed E-state index contributed by atoms with van der Waals surface area (Å²) >= 11 is -0.423. The molecule has 0 bridgehead atoms. The van der Waals surface area contributed by atoms with Crippen molar-refractivity contribution in [3.05, 3.63) is 20.4 Å². The fraction of sp³-hybridized carbons (Fsp3) is 0. The Morgan fingerprint density at radius 3 is 1.60 bits per heavy atom. The van der Waals surface area contributed by atoms with E-state index in [1.54, 1.807) is 0 Å². The first kappa shape index (κ1) is 5.40. The van der Waals surface area contributed by atoms with Crippen LogP contribution in [0.5, 0.6) is 0 Å². The molecule has 1 heteroatoms. The van der Waals surface area contributed by atoms with Crippen molar-refractivity contribution in [2.75, 3.05) is 0 Å². The first-order valence-electron chi connectivity index (χ1n) is 1.39. The molecule has 0 aromatic rings. The topological polar surface area (TPSA) is 0 Å². The van der Waals surface area contributed by atoms with Crippen molar-refractivity contribution in [2.24, 2.45) is 0 Å². The predicted molar refractivity (Wildman–Crippen MR) is 26.1 cm³/mol. The van der Waals surface area contributed by atoms with Gasteiger partial charge in [-0.05, 0) is 0 Å². The summed E-state index contributed by atoms with van der Waals surface area (Å²) in [5, 5.41) is 0. The van der Waals surface area contributed by atoms with E-state index in [4.69, 9.17) is 0 Å². The molecular weight excluding hydrogens is 255 g/mol. The summed E-state index contributed by atoms with van der Waals surface area (Å²) in [4.78, 5) is 0. The van der Waals surface area contributed by atoms with Crippen molar-refractivity contribution in [1.29, 1.82) is 0 Å². The van der Waals surface area contributed by atoms with E-state index in [0.29, 0.717) is 0 Å². The number of rotatable bonds is 2. The Morgan fingerprint density at radius 1 is 1.20 bits per heavy atom. The second-order valence-corrected chi connectivity index (χ2v) is 5.04. The van der Waals surface area contributed by atoms with Crippen LogP contribution in [0.2, 0.25) is 0 Å². The Hall–Kier alpha value is 0.402. The predicted octanol–water partition coefficient (Wildman–Crippen LogP) is 0.978. The summed E-state index contributed by atoms with van der Waals surface area (Å²) in [6, 6.07) is 0. The maximum atomic E-state index is 3.57. The maximum absolute atomic E-state index is 3.57. The van der Waals surface area contributed by atoms with E-state index >= 15 is 0 Å². The normalized spacial score (nSPS) is 6.40. The van der Waals surface area contributed by atoms with Crippen molar-refractivity contribution in [2.45, 2.75) is 0 Å². The van der Waals surface area contributed by atoms with Crippen LogP contribution in [-0.4, -0.2) is 24.2 Å². The summed E-state index contributed by atoms with van der Waals surface area (Å²) in [6.07, 6.45) is 0. The van der Waals surface area contributed by atoms with Crippen LogP contribution in [0.4, 0.5) is 0 Å². The van der Waals surface area contributed by atoms with Crippen LogP contribution >= 0.6 is 0 Å². The molecule has 0 heterocycles. The molecule has 2 radical (unpaired) electrons. The molecule has 0 saturated heterocycles. The minimum absolute atomic E-state index is 0.423. The molecule has 0 N–H and O–H groups in total. The van der Waals surface area contributed by atoms with Gasteiger partial charge in [0.05, 0.1) is 0 Å². The molecule has 0 aromatic carbocycles. The van der Waals surface area contributed by atoms with Gasteiger partial charge in [-0.25, -0.2) is 0 Å². The zero-order valence-electron chi connectivity index (χ0n) is 3.07. The van der Waals surface area contributed by atoms with Crippen LogP contribution in [0, 0.1) is 0 Å². The molecule has 0 spiro atoms. The van der Waals surface area contributed by atoms with Crippen molar-refractivity contribution in [3.8, 4) is 0 Å². The zero-order valence-corrected chi connectivity index (χ0v) is 6.96. The molecule has 0 atom stereocenters. The van der Waals surface area contributed by atoms with E-state index in [1.807, 2.05) is 7.27 Å². The molecule has 0 nitrogen and oxygen atoms in total. The number of hydrogen-bond acceptors (Lipinski definition) is 0. The molecule has 26 valence electrons. The molecule has 0 rings (SSSR count). The fourth-order valence-electron chi connectivity index (χ4n) is 0.0833. The van der Waals surface area contributed by atoms with Crippen LogP contribution in [0.25, 0.3) is 0 Å². The van der Waals surface area contributed by atoms with Crippen molar-refractivity contribution >= 4 is 24.2 Å². The van der Waals surface area contributed by atoms with Gasteiger partial charge >= 0.3 is 44.7 Å². The molecule has 0 aromatic heterocycles. The van der Waals surface area contributed by atoms with Gasteiger partial charge in [-0.2, -0.15) is 0 Å². The molecule has 0 unspecified atom stereocenters. The van der Waals surface area contributed by atoms with Gasteiger partial charge in [0, 0.05) is 0 Å². The average Bonchev–Trinajstić information content (AvgIpc) is 1.41. The molecule has 0 fully saturated rings. The Labute approximate surface area is 44.8 Å². The van der Waals surface area contributed by atoms with E-state index in [1.165, 1.54) is 0 Å². The van der Waals surface area contributed by atoms with Gasteiger partial charge in [0.1, 0.15) is 0 Å². The molecule has 0 aliphatic carbocycles. The summed E-state index contributed by atoms with van der Waals surface area (Å²) in [5.41, 5.74) is 0. The Kier molecular flexibility index (Phi) is 4.76. The summed E-state index contributed by atoms with van der Waals surface area (Å²) in [7, 11) is 0. The van der Waals surface area contributed by atoms with Crippen molar-refractivity contribution < 1.29 is 0 Å². The van der Waals surface area contributed by atoms with Gasteiger partial charge in [0.25, 0.3) is 0 Å². The van der Waals surface area contributed by atoms with Crippen LogP contribution in [0.15, 0.2) is 20.4 Å². The zero-order chi connectivity index (χ0) is 4.12. The molecule has 0 amide bonds. The third-order valence-electron chi connectivity index (χ3n) is 0.236.